The lowest BCUT2D eigenvalue weighted by Crippen LogP contribution is -2.27. The van der Waals surface area contributed by atoms with E-state index in [1.807, 2.05) is 0 Å². The van der Waals surface area contributed by atoms with Crippen molar-refractivity contribution in [2.45, 2.75) is 31.3 Å². The van der Waals surface area contributed by atoms with E-state index in [2.05, 4.69) is 4.72 Å². The van der Waals surface area contributed by atoms with Crippen molar-refractivity contribution in [2.24, 2.45) is 0 Å². The van der Waals surface area contributed by atoms with Gasteiger partial charge in [-0.3, -0.25) is 4.72 Å². The van der Waals surface area contributed by atoms with Crippen LogP contribution in [0.3, 0.4) is 0 Å². The van der Waals surface area contributed by atoms with Gasteiger partial charge in [0.2, 0.25) is 0 Å². The highest BCUT2D eigenvalue weighted by molar-refractivity contribution is 7.92. The molecule has 2 aromatic rings. The number of ether oxygens (including phenoxy) is 3. The second kappa shape index (κ2) is 8.95. The van der Waals surface area contributed by atoms with Crippen LogP contribution in [0.25, 0.3) is 0 Å². The number of hydrogen-bond donors (Lipinski definition) is 1. The summed E-state index contributed by atoms with van der Waals surface area (Å²) in [5.74, 6) is -0.948. The van der Waals surface area contributed by atoms with E-state index in [0.717, 1.165) is 0 Å². The Labute approximate surface area is 169 Å². The van der Waals surface area contributed by atoms with E-state index in [1.54, 1.807) is 45.0 Å². The molecule has 9 heteroatoms. The van der Waals surface area contributed by atoms with Crippen molar-refractivity contribution < 1.29 is 32.2 Å². The maximum absolute atomic E-state index is 12.6. The number of rotatable bonds is 7. The van der Waals surface area contributed by atoms with Crippen LogP contribution in [0, 0.1) is 0 Å². The van der Waals surface area contributed by atoms with Gasteiger partial charge < -0.3 is 14.2 Å². The summed E-state index contributed by atoms with van der Waals surface area (Å²) in [5.41, 5.74) is -0.375. The zero-order valence-electron chi connectivity index (χ0n) is 16.6. The van der Waals surface area contributed by atoms with Gasteiger partial charge in [0, 0.05) is 5.69 Å². The summed E-state index contributed by atoms with van der Waals surface area (Å²) in [6.07, 6.45) is 0. The molecule has 1 N–H and O–H groups in total. The molecule has 0 saturated carbocycles. The summed E-state index contributed by atoms with van der Waals surface area (Å²) >= 11 is 0. The maximum atomic E-state index is 12.6. The zero-order valence-corrected chi connectivity index (χ0v) is 17.4. The molecular formula is C20H23NO7S. The molecule has 156 valence electrons. The number of sulfonamides is 1. The topological polar surface area (TPSA) is 108 Å². The van der Waals surface area contributed by atoms with Crippen molar-refractivity contribution in [1.82, 2.24) is 0 Å². The quantitative estimate of drug-likeness (QED) is 0.685. The van der Waals surface area contributed by atoms with Crippen molar-refractivity contribution in [1.29, 1.82) is 0 Å². The Hall–Kier alpha value is -3.07. The molecule has 2 aromatic carbocycles. The van der Waals surface area contributed by atoms with Gasteiger partial charge in [0.1, 0.15) is 11.4 Å². The first-order valence-electron chi connectivity index (χ1n) is 8.66. The zero-order chi connectivity index (χ0) is 21.7. The minimum Gasteiger partial charge on any atom is -0.497 e. The average molecular weight is 421 g/mol. The molecule has 0 bridgehead atoms. The summed E-state index contributed by atoms with van der Waals surface area (Å²) in [6.45, 7) is 4.50. The van der Waals surface area contributed by atoms with Crippen molar-refractivity contribution in [3.63, 3.8) is 0 Å². The summed E-state index contributed by atoms with van der Waals surface area (Å²) in [5, 5.41) is 0. The third-order valence-electron chi connectivity index (χ3n) is 3.46. The first-order valence-corrected chi connectivity index (χ1v) is 10.1. The Morgan fingerprint density at radius 1 is 1.03 bits per heavy atom. The van der Waals surface area contributed by atoms with Crippen molar-refractivity contribution in [3.05, 3.63) is 54.1 Å². The van der Waals surface area contributed by atoms with E-state index in [-0.39, 0.29) is 10.5 Å². The van der Waals surface area contributed by atoms with Gasteiger partial charge in [-0.05, 0) is 63.2 Å². The molecule has 0 radical (unpaired) electrons. The van der Waals surface area contributed by atoms with E-state index in [0.29, 0.717) is 11.4 Å². The summed E-state index contributed by atoms with van der Waals surface area (Å²) in [7, 11) is -2.43. The molecule has 0 aliphatic rings. The number of methoxy groups -OCH3 is 1. The molecule has 8 nitrogen and oxygen atoms in total. The number of carbonyl (C=O) groups excluding carboxylic acids is 2. The molecule has 0 heterocycles. The van der Waals surface area contributed by atoms with Gasteiger partial charge in [-0.2, -0.15) is 0 Å². The van der Waals surface area contributed by atoms with Crippen LogP contribution in [0.4, 0.5) is 5.69 Å². The van der Waals surface area contributed by atoms with Crippen LogP contribution in [0.5, 0.6) is 5.75 Å². The van der Waals surface area contributed by atoms with Gasteiger partial charge >= 0.3 is 11.9 Å². The van der Waals surface area contributed by atoms with E-state index in [1.165, 1.54) is 31.4 Å². The second-order valence-corrected chi connectivity index (χ2v) is 8.71. The van der Waals surface area contributed by atoms with E-state index in [9.17, 15) is 18.0 Å². The minimum atomic E-state index is -3.93. The minimum absolute atomic E-state index is 0.00818. The van der Waals surface area contributed by atoms with Gasteiger partial charge in [-0.25, -0.2) is 18.0 Å². The van der Waals surface area contributed by atoms with Crippen LogP contribution in [0.15, 0.2) is 53.4 Å². The Morgan fingerprint density at radius 3 is 2.28 bits per heavy atom. The lowest BCUT2D eigenvalue weighted by Gasteiger charge is -2.19. The molecule has 0 amide bonds. The average Bonchev–Trinajstić information content (AvgIpc) is 2.65. The number of anilines is 1. The molecular weight excluding hydrogens is 398 g/mol. The Morgan fingerprint density at radius 2 is 1.69 bits per heavy atom. The van der Waals surface area contributed by atoms with Gasteiger partial charge in [0.25, 0.3) is 10.0 Å². The van der Waals surface area contributed by atoms with Gasteiger partial charge in [-0.1, -0.05) is 6.07 Å². The second-order valence-electron chi connectivity index (χ2n) is 7.02. The van der Waals surface area contributed by atoms with Crippen LogP contribution < -0.4 is 9.46 Å². The van der Waals surface area contributed by atoms with E-state index < -0.39 is 34.2 Å². The summed E-state index contributed by atoms with van der Waals surface area (Å²) in [4.78, 5) is 23.7. The van der Waals surface area contributed by atoms with Crippen LogP contribution in [0.1, 0.15) is 31.1 Å². The SMILES string of the molecule is COc1ccc(NS(=O)(=O)c2cccc(C(=O)OCC(=O)OC(C)(C)C)c2)cc1. The Kier molecular flexibility index (Phi) is 6.86. The number of carbonyl (C=O) groups is 2. The van der Waals surface area contributed by atoms with Crippen molar-refractivity contribution in [2.75, 3.05) is 18.4 Å². The number of esters is 2. The normalized spacial score (nSPS) is 11.4. The predicted molar refractivity (Wildman–Crippen MR) is 106 cm³/mol. The van der Waals surface area contributed by atoms with Gasteiger partial charge in [0.05, 0.1) is 17.6 Å². The van der Waals surface area contributed by atoms with Crippen LogP contribution >= 0.6 is 0 Å². The molecule has 0 atom stereocenters. The van der Waals surface area contributed by atoms with Crippen molar-refractivity contribution in [3.8, 4) is 5.75 Å². The third-order valence-corrected chi connectivity index (χ3v) is 4.84. The van der Waals surface area contributed by atoms with Crippen LogP contribution in [-0.2, 0) is 24.3 Å². The van der Waals surface area contributed by atoms with E-state index >= 15 is 0 Å². The number of benzene rings is 2. The molecule has 29 heavy (non-hydrogen) atoms. The molecule has 0 aliphatic heterocycles. The first-order chi connectivity index (χ1) is 13.5. The van der Waals surface area contributed by atoms with Crippen molar-refractivity contribution >= 4 is 27.6 Å². The number of nitrogens with one attached hydrogen (secondary N) is 1. The predicted octanol–water partition coefficient (Wildman–Crippen LogP) is 2.99. The molecule has 0 spiro atoms. The maximum Gasteiger partial charge on any atom is 0.344 e. The van der Waals surface area contributed by atoms with E-state index in [4.69, 9.17) is 14.2 Å². The van der Waals surface area contributed by atoms with Gasteiger partial charge in [-0.15, -0.1) is 0 Å². The molecule has 0 saturated heterocycles. The fourth-order valence-electron chi connectivity index (χ4n) is 2.24. The summed E-state index contributed by atoms with van der Waals surface area (Å²) in [6, 6.07) is 11.6. The lowest BCUT2D eigenvalue weighted by atomic mass is 10.2. The fraction of sp³-hybridized carbons (Fsp3) is 0.300. The molecule has 2 rings (SSSR count). The highest BCUT2D eigenvalue weighted by Gasteiger charge is 2.20. The molecule has 0 unspecified atom stereocenters. The molecule has 0 fully saturated rings. The fourth-order valence-corrected chi connectivity index (χ4v) is 3.35. The van der Waals surface area contributed by atoms with Crippen LogP contribution in [-0.4, -0.2) is 39.7 Å². The first kappa shape index (κ1) is 22.2. The smallest absolute Gasteiger partial charge is 0.344 e. The Balaban J connectivity index is 2.08. The molecule has 0 aliphatic carbocycles. The third kappa shape index (κ3) is 6.79. The highest BCUT2D eigenvalue weighted by atomic mass is 32.2. The van der Waals surface area contributed by atoms with Gasteiger partial charge in [0.15, 0.2) is 6.61 Å². The Bertz CT molecular complexity index is 977. The summed E-state index contributed by atoms with van der Waals surface area (Å²) < 4.78 is 42.6. The highest BCUT2D eigenvalue weighted by Crippen LogP contribution is 2.20. The largest absolute Gasteiger partial charge is 0.497 e. The standard InChI is InChI=1S/C20H23NO7S/c1-20(2,3)28-18(22)13-27-19(23)14-6-5-7-17(12-14)29(24,25)21-15-8-10-16(26-4)11-9-15/h5-12,21H,13H2,1-4H3. The lowest BCUT2D eigenvalue weighted by molar-refractivity contribution is -0.158. The molecule has 0 aromatic heterocycles. The van der Waals surface area contributed by atoms with Crippen LogP contribution in [0.2, 0.25) is 0 Å². The number of hydrogen-bond acceptors (Lipinski definition) is 7. The monoisotopic (exact) mass is 421 g/mol.